The van der Waals surface area contributed by atoms with E-state index in [0.717, 1.165) is 58.5 Å². The summed E-state index contributed by atoms with van der Waals surface area (Å²) in [6.07, 6.45) is 3.08. The Labute approximate surface area is 318 Å². The second-order valence-corrected chi connectivity index (χ2v) is 14.0. The van der Waals surface area contributed by atoms with Crippen LogP contribution < -0.4 is 20.1 Å². The third-order valence-electron chi connectivity index (χ3n) is 10.4. The van der Waals surface area contributed by atoms with Crippen molar-refractivity contribution < 1.29 is 28.7 Å². The molecule has 2 aliphatic rings. The molecule has 8 rings (SSSR count). The smallest absolute Gasteiger partial charge is 0.410 e. The number of anilines is 2. The van der Waals surface area contributed by atoms with Crippen LogP contribution in [0, 0.1) is 0 Å². The summed E-state index contributed by atoms with van der Waals surface area (Å²) in [4.78, 5) is 55.2. The van der Waals surface area contributed by atoms with E-state index in [1.165, 1.54) is 0 Å². The molecule has 10 heteroatoms. The molecule has 0 saturated carbocycles. The average Bonchev–Trinajstić information content (AvgIpc) is 3.73. The fourth-order valence-corrected chi connectivity index (χ4v) is 7.34. The van der Waals surface area contributed by atoms with Crippen LogP contribution in [0.15, 0.2) is 127 Å². The maximum atomic E-state index is 13.2. The van der Waals surface area contributed by atoms with Gasteiger partial charge in [-0.3, -0.25) is 9.59 Å². The Kier molecular flexibility index (Phi) is 10.1. The van der Waals surface area contributed by atoms with Crippen molar-refractivity contribution in [3.63, 3.8) is 0 Å². The topological polar surface area (TPSA) is 117 Å². The van der Waals surface area contributed by atoms with Gasteiger partial charge in [-0.15, -0.1) is 0 Å². The number of amides is 4. The number of piperidine rings is 1. The fraction of sp³-hybridized carbons (Fsp3) is 0.200. The van der Waals surface area contributed by atoms with Crippen LogP contribution in [-0.2, 0) is 0 Å². The molecule has 1 atom stereocenters. The molecule has 0 radical (unpaired) electrons. The minimum absolute atomic E-state index is 0.123. The fourth-order valence-electron chi connectivity index (χ4n) is 7.34. The van der Waals surface area contributed by atoms with Gasteiger partial charge >= 0.3 is 12.2 Å². The zero-order chi connectivity index (χ0) is 37.7. The lowest BCUT2D eigenvalue weighted by atomic mass is 9.95. The second-order valence-electron chi connectivity index (χ2n) is 14.0. The Balaban J connectivity index is 0.854. The van der Waals surface area contributed by atoms with Gasteiger partial charge in [0.05, 0.1) is 0 Å². The number of hydrogen-bond acceptors (Lipinski definition) is 6. The molecule has 2 aliphatic heterocycles. The van der Waals surface area contributed by atoms with E-state index in [1.54, 1.807) is 58.3 Å². The first-order valence-corrected chi connectivity index (χ1v) is 18.6. The second kappa shape index (κ2) is 15.7. The molecule has 276 valence electrons. The van der Waals surface area contributed by atoms with Crippen molar-refractivity contribution in [3.8, 4) is 11.5 Å². The number of carbonyl (C=O) groups excluding carboxylic acids is 4. The number of rotatable bonds is 7. The maximum absolute atomic E-state index is 13.2. The molecule has 0 aliphatic carbocycles. The van der Waals surface area contributed by atoms with E-state index in [0.29, 0.717) is 54.5 Å². The minimum atomic E-state index is -0.436. The number of nitrogens with one attached hydrogen (secondary N) is 2. The predicted octanol–water partition coefficient (Wildman–Crippen LogP) is 9.47. The van der Waals surface area contributed by atoms with Gasteiger partial charge in [0.1, 0.15) is 11.5 Å². The number of fused-ring (bicyclic) bond motifs is 2. The van der Waals surface area contributed by atoms with Gasteiger partial charge in [-0.05, 0) is 103 Å². The Morgan fingerprint density at radius 3 is 1.71 bits per heavy atom. The van der Waals surface area contributed by atoms with Gasteiger partial charge in [-0.2, -0.15) is 0 Å². The van der Waals surface area contributed by atoms with Crippen molar-refractivity contribution in [3.05, 3.63) is 144 Å². The van der Waals surface area contributed by atoms with E-state index in [1.807, 2.05) is 72.8 Å². The number of likely N-dealkylation sites (tertiary alicyclic amines) is 2. The molecule has 0 aromatic heterocycles. The summed E-state index contributed by atoms with van der Waals surface area (Å²) in [7, 11) is 0. The standard InChI is InChI=1S/C45H40N4O6/c50-42(46-40-12-6-9-30-8-2-3-11-38(30)40)31-16-21-37(22-17-31)55-45(53)49-27-24-35(29-49)33-18-23-39-34(28-33)10-7-13-41(39)47-43(51)32-14-19-36(20-15-32)54-44(52)48-25-4-1-5-26-48/h2-3,6-23,28,35H,1,4-5,24-27,29H2,(H,46,50)(H,47,51). The lowest BCUT2D eigenvalue weighted by Gasteiger charge is -2.25. The SMILES string of the molecule is O=C(Nc1cccc2ccccc12)c1ccc(OC(=O)N2CCC(c3ccc4c(NC(=O)c5ccc(OC(=O)N6CCCCC6)cc5)cccc4c3)C2)cc1. The summed E-state index contributed by atoms with van der Waals surface area (Å²) in [6, 6.07) is 38.7. The van der Waals surface area contributed by atoms with Crippen LogP contribution in [0.2, 0.25) is 0 Å². The Bertz CT molecular complexity index is 2380. The average molecular weight is 733 g/mol. The zero-order valence-electron chi connectivity index (χ0n) is 30.2. The molecular formula is C45H40N4O6. The number of hydrogen-bond donors (Lipinski definition) is 2. The van der Waals surface area contributed by atoms with E-state index in [2.05, 4.69) is 16.7 Å². The summed E-state index contributed by atoms with van der Waals surface area (Å²) in [5.41, 5.74) is 3.41. The molecule has 4 amide bonds. The highest BCUT2D eigenvalue weighted by Gasteiger charge is 2.29. The van der Waals surface area contributed by atoms with E-state index in [-0.39, 0.29) is 23.8 Å². The summed E-state index contributed by atoms with van der Waals surface area (Å²) in [5.74, 6) is 0.367. The molecule has 10 nitrogen and oxygen atoms in total. The van der Waals surface area contributed by atoms with Crippen molar-refractivity contribution in [2.75, 3.05) is 36.8 Å². The van der Waals surface area contributed by atoms with Gasteiger partial charge in [-0.1, -0.05) is 66.7 Å². The van der Waals surface area contributed by atoms with Gasteiger partial charge in [0, 0.05) is 65.4 Å². The minimum Gasteiger partial charge on any atom is -0.410 e. The molecule has 2 saturated heterocycles. The monoisotopic (exact) mass is 732 g/mol. The van der Waals surface area contributed by atoms with Crippen molar-refractivity contribution in [1.82, 2.24) is 9.80 Å². The van der Waals surface area contributed by atoms with Crippen LogP contribution in [0.5, 0.6) is 11.5 Å². The van der Waals surface area contributed by atoms with Crippen LogP contribution in [0.25, 0.3) is 21.5 Å². The lowest BCUT2D eigenvalue weighted by Crippen LogP contribution is -2.37. The maximum Gasteiger partial charge on any atom is 0.415 e. The Hall–Kier alpha value is -6.68. The first-order chi connectivity index (χ1) is 26.9. The third-order valence-corrected chi connectivity index (χ3v) is 10.4. The van der Waals surface area contributed by atoms with Crippen molar-refractivity contribution in [2.45, 2.75) is 31.6 Å². The molecule has 55 heavy (non-hydrogen) atoms. The highest BCUT2D eigenvalue weighted by Crippen LogP contribution is 2.33. The number of ether oxygens (including phenoxy) is 2. The van der Waals surface area contributed by atoms with Gasteiger partial charge in [0.2, 0.25) is 0 Å². The summed E-state index contributed by atoms with van der Waals surface area (Å²) in [6.45, 7) is 2.47. The third kappa shape index (κ3) is 7.99. The van der Waals surface area contributed by atoms with Crippen molar-refractivity contribution >= 4 is 56.9 Å². The van der Waals surface area contributed by atoms with Gasteiger partial charge in [0.15, 0.2) is 0 Å². The quantitative estimate of drug-likeness (QED) is 0.169. The molecule has 1 unspecified atom stereocenters. The highest BCUT2D eigenvalue weighted by molar-refractivity contribution is 6.10. The molecule has 2 N–H and O–H groups in total. The molecule has 0 spiro atoms. The first kappa shape index (κ1) is 35.4. The number of nitrogens with zero attached hydrogens (tertiary/aromatic N) is 2. The predicted molar refractivity (Wildman–Crippen MR) is 213 cm³/mol. The van der Waals surface area contributed by atoms with E-state index >= 15 is 0 Å². The first-order valence-electron chi connectivity index (χ1n) is 18.6. The largest absolute Gasteiger partial charge is 0.415 e. The summed E-state index contributed by atoms with van der Waals surface area (Å²) < 4.78 is 11.2. The molecular weight excluding hydrogens is 693 g/mol. The van der Waals surface area contributed by atoms with Gasteiger partial charge in [0.25, 0.3) is 11.8 Å². The van der Waals surface area contributed by atoms with Gasteiger partial charge in [-0.25, -0.2) is 9.59 Å². The Morgan fingerprint density at radius 1 is 0.527 bits per heavy atom. The van der Waals surface area contributed by atoms with Gasteiger partial charge < -0.3 is 29.9 Å². The van der Waals surface area contributed by atoms with Crippen molar-refractivity contribution in [1.29, 1.82) is 0 Å². The van der Waals surface area contributed by atoms with Crippen LogP contribution in [-0.4, -0.2) is 60.0 Å². The molecule has 6 aromatic carbocycles. The van der Waals surface area contributed by atoms with E-state index < -0.39 is 6.09 Å². The summed E-state index contributed by atoms with van der Waals surface area (Å²) >= 11 is 0. The number of carbonyl (C=O) groups is 4. The van der Waals surface area contributed by atoms with Crippen LogP contribution in [0.4, 0.5) is 21.0 Å². The van der Waals surface area contributed by atoms with E-state index in [4.69, 9.17) is 9.47 Å². The normalized spacial score (nSPS) is 15.5. The summed E-state index contributed by atoms with van der Waals surface area (Å²) in [5, 5.41) is 9.88. The number of benzene rings is 6. The highest BCUT2D eigenvalue weighted by atomic mass is 16.6. The van der Waals surface area contributed by atoms with Crippen LogP contribution in [0.1, 0.15) is 57.9 Å². The van der Waals surface area contributed by atoms with E-state index in [9.17, 15) is 19.2 Å². The van der Waals surface area contributed by atoms with Crippen LogP contribution in [0.3, 0.4) is 0 Å². The molecule has 6 aromatic rings. The van der Waals surface area contributed by atoms with Crippen molar-refractivity contribution in [2.24, 2.45) is 0 Å². The molecule has 0 bridgehead atoms. The molecule has 2 fully saturated rings. The Morgan fingerprint density at radius 2 is 1.07 bits per heavy atom. The molecule has 2 heterocycles. The van der Waals surface area contributed by atoms with Crippen LogP contribution >= 0.6 is 0 Å². The zero-order valence-corrected chi connectivity index (χ0v) is 30.2. The lowest BCUT2D eigenvalue weighted by molar-refractivity contribution is 0.101.